The van der Waals surface area contributed by atoms with E-state index >= 15 is 0 Å². The Morgan fingerprint density at radius 3 is 2.77 bits per heavy atom. The smallest absolute Gasteiger partial charge is 0.259 e. The molecule has 1 saturated heterocycles. The second kappa shape index (κ2) is 8.25. The van der Waals surface area contributed by atoms with E-state index in [1.807, 2.05) is 0 Å². The van der Waals surface area contributed by atoms with Crippen LogP contribution in [0.4, 0.5) is 20.3 Å². The molecule has 3 aromatic rings. The zero-order valence-corrected chi connectivity index (χ0v) is 16.6. The monoisotopic (exact) mass is 425 g/mol. The Bertz CT molecular complexity index is 1150. The molecule has 4 rings (SSSR count). The molecule has 2 amide bonds. The summed E-state index contributed by atoms with van der Waals surface area (Å²) < 4.78 is 27.8. The number of nitrogens with one attached hydrogen (secondary N) is 1. The second-order valence-corrected chi connectivity index (χ2v) is 7.52. The van der Waals surface area contributed by atoms with Gasteiger partial charge in [0.05, 0.1) is 17.3 Å². The molecule has 160 valence electrons. The maximum absolute atomic E-state index is 13.9. The Kier molecular flexibility index (Phi) is 5.50. The van der Waals surface area contributed by atoms with Crippen LogP contribution in [0.1, 0.15) is 40.0 Å². The molecule has 3 heterocycles. The van der Waals surface area contributed by atoms with E-state index in [0.29, 0.717) is 35.4 Å². The van der Waals surface area contributed by atoms with Crippen LogP contribution in [0.15, 0.2) is 48.8 Å². The van der Waals surface area contributed by atoms with Crippen LogP contribution in [0.2, 0.25) is 0 Å². The maximum atomic E-state index is 13.9. The number of alkyl halides is 2. The number of anilines is 2. The van der Waals surface area contributed by atoms with Gasteiger partial charge in [-0.2, -0.15) is 0 Å². The average molecular weight is 425 g/mol. The van der Waals surface area contributed by atoms with Crippen molar-refractivity contribution < 1.29 is 18.4 Å². The number of aromatic nitrogens is 2. The van der Waals surface area contributed by atoms with Crippen LogP contribution in [-0.2, 0) is 0 Å². The molecule has 1 aliphatic rings. The van der Waals surface area contributed by atoms with Gasteiger partial charge >= 0.3 is 0 Å². The molecule has 9 heteroatoms. The van der Waals surface area contributed by atoms with Gasteiger partial charge in [0.2, 0.25) is 11.8 Å². The first-order chi connectivity index (χ1) is 14.8. The zero-order valence-electron chi connectivity index (χ0n) is 16.6. The van der Waals surface area contributed by atoms with E-state index in [9.17, 15) is 18.4 Å². The number of hydrogen-bond donors (Lipinski definition) is 2. The number of halogens is 2. The molecule has 0 saturated carbocycles. The SMILES string of the molecule is NC(=O)c1cccc(NC(=O)c2cc3ccncc3nc2N2CCCC(F)(F)CC2)c1. The third kappa shape index (κ3) is 4.60. The number of amides is 2. The van der Waals surface area contributed by atoms with Crippen molar-refractivity contribution in [3.8, 4) is 0 Å². The van der Waals surface area contributed by atoms with Crippen molar-refractivity contribution in [2.75, 3.05) is 23.3 Å². The molecule has 3 N–H and O–H groups in total. The summed E-state index contributed by atoms with van der Waals surface area (Å²) in [6.07, 6.45) is 2.96. The molecular formula is C22H21F2N5O2. The lowest BCUT2D eigenvalue weighted by Gasteiger charge is -2.24. The predicted octanol–water partition coefficient (Wildman–Crippen LogP) is 3.61. The van der Waals surface area contributed by atoms with Crippen molar-refractivity contribution in [2.45, 2.75) is 25.2 Å². The van der Waals surface area contributed by atoms with Gasteiger partial charge in [-0.3, -0.25) is 14.6 Å². The van der Waals surface area contributed by atoms with Gasteiger partial charge in [-0.1, -0.05) is 6.07 Å². The molecule has 0 spiro atoms. The second-order valence-electron chi connectivity index (χ2n) is 7.52. The Balaban J connectivity index is 1.71. The minimum atomic E-state index is -2.73. The minimum absolute atomic E-state index is 0.0865. The van der Waals surface area contributed by atoms with E-state index in [0.717, 1.165) is 0 Å². The Morgan fingerprint density at radius 1 is 1.13 bits per heavy atom. The van der Waals surface area contributed by atoms with Gasteiger partial charge in [0.15, 0.2) is 0 Å². The van der Waals surface area contributed by atoms with Crippen LogP contribution < -0.4 is 16.0 Å². The van der Waals surface area contributed by atoms with Crippen molar-refractivity contribution in [3.63, 3.8) is 0 Å². The third-order valence-electron chi connectivity index (χ3n) is 5.27. The van der Waals surface area contributed by atoms with Crippen molar-refractivity contribution in [1.82, 2.24) is 9.97 Å². The summed E-state index contributed by atoms with van der Waals surface area (Å²) in [6, 6.07) is 9.67. The van der Waals surface area contributed by atoms with Crippen LogP contribution in [0.25, 0.3) is 10.9 Å². The topological polar surface area (TPSA) is 101 Å². The van der Waals surface area contributed by atoms with Crippen molar-refractivity contribution in [3.05, 3.63) is 59.9 Å². The minimum Gasteiger partial charge on any atom is -0.366 e. The molecular weight excluding hydrogens is 404 g/mol. The predicted molar refractivity (Wildman–Crippen MR) is 113 cm³/mol. The molecule has 0 unspecified atom stereocenters. The molecule has 0 aliphatic carbocycles. The number of pyridine rings is 2. The lowest BCUT2D eigenvalue weighted by Crippen LogP contribution is -2.29. The summed E-state index contributed by atoms with van der Waals surface area (Å²) in [5.41, 5.74) is 6.79. The first-order valence-corrected chi connectivity index (χ1v) is 9.91. The van der Waals surface area contributed by atoms with E-state index in [1.54, 1.807) is 47.6 Å². The van der Waals surface area contributed by atoms with E-state index in [4.69, 9.17) is 5.73 Å². The lowest BCUT2D eigenvalue weighted by molar-refractivity contribution is -0.0102. The number of fused-ring (bicyclic) bond motifs is 1. The van der Waals surface area contributed by atoms with Crippen LogP contribution in [0.5, 0.6) is 0 Å². The Labute approximate surface area is 177 Å². The third-order valence-corrected chi connectivity index (χ3v) is 5.27. The number of nitrogens with two attached hydrogens (primary N) is 1. The molecule has 7 nitrogen and oxygen atoms in total. The van der Waals surface area contributed by atoms with Crippen molar-refractivity contribution >= 4 is 34.2 Å². The molecule has 1 aliphatic heterocycles. The Morgan fingerprint density at radius 2 is 1.97 bits per heavy atom. The van der Waals surface area contributed by atoms with Gasteiger partial charge in [0, 0.05) is 48.8 Å². The largest absolute Gasteiger partial charge is 0.366 e. The molecule has 1 aromatic carbocycles. The van der Waals surface area contributed by atoms with Gasteiger partial charge in [-0.25, -0.2) is 13.8 Å². The maximum Gasteiger partial charge on any atom is 0.259 e. The lowest BCUT2D eigenvalue weighted by atomic mass is 10.1. The highest BCUT2D eigenvalue weighted by Crippen LogP contribution is 2.32. The number of hydrogen-bond acceptors (Lipinski definition) is 5. The fourth-order valence-electron chi connectivity index (χ4n) is 3.64. The standard InChI is InChI=1S/C22H21F2N5O2/c23-22(24)6-2-9-29(10-7-22)20-17(12-14-5-8-26-13-18(14)28-20)21(31)27-16-4-1-3-15(11-16)19(25)30/h1,3-5,8,11-13H,2,6-7,9-10H2,(H2,25,30)(H,27,31). The number of nitrogens with zero attached hydrogens (tertiary/aromatic N) is 3. The van der Waals surface area contributed by atoms with Gasteiger partial charge in [0.1, 0.15) is 5.82 Å². The van der Waals surface area contributed by atoms with E-state index in [2.05, 4.69) is 15.3 Å². The molecule has 0 radical (unpaired) electrons. The number of carbonyl (C=O) groups excluding carboxylic acids is 2. The van der Waals surface area contributed by atoms with Crippen LogP contribution in [-0.4, -0.2) is 40.8 Å². The average Bonchev–Trinajstić information content (AvgIpc) is 2.93. The van der Waals surface area contributed by atoms with Crippen LogP contribution >= 0.6 is 0 Å². The number of carbonyl (C=O) groups is 2. The normalized spacial score (nSPS) is 16.0. The molecule has 0 bridgehead atoms. The highest BCUT2D eigenvalue weighted by atomic mass is 19.3. The number of rotatable bonds is 4. The summed E-state index contributed by atoms with van der Waals surface area (Å²) >= 11 is 0. The van der Waals surface area contributed by atoms with E-state index < -0.39 is 17.7 Å². The highest BCUT2D eigenvalue weighted by Gasteiger charge is 2.33. The van der Waals surface area contributed by atoms with Crippen molar-refractivity contribution in [2.24, 2.45) is 5.73 Å². The summed E-state index contributed by atoms with van der Waals surface area (Å²) in [5.74, 6) is -3.46. The van der Waals surface area contributed by atoms with Crippen LogP contribution in [0.3, 0.4) is 0 Å². The van der Waals surface area contributed by atoms with Crippen molar-refractivity contribution in [1.29, 1.82) is 0 Å². The number of benzene rings is 1. The molecule has 1 fully saturated rings. The quantitative estimate of drug-likeness (QED) is 0.665. The molecule has 2 aromatic heterocycles. The summed E-state index contributed by atoms with van der Waals surface area (Å²) in [6.45, 7) is 0.453. The Hall–Kier alpha value is -3.62. The summed E-state index contributed by atoms with van der Waals surface area (Å²) in [4.78, 5) is 35.0. The molecule has 0 atom stereocenters. The zero-order chi connectivity index (χ0) is 22.0. The first-order valence-electron chi connectivity index (χ1n) is 9.91. The highest BCUT2D eigenvalue weighted by molar-refractivity contribution is 6.10. The van der Waals surface area contributed by atoms with Crippen LogP contribution in [0, 0.1) is 0 Å². The fraction of sp³-hybridized carbons (Fsp3) is 0.273. The fourth-order valence-corrected chi connectivity index (χ4v) is 3.64. The van der Waals surface area contributed by atoms with E-state index in [-0.39, 0.29) is 30.5 Å². The van der Waals surface area contributed by atoms with Gasteiger partial charge in [-0.05, 0) is 36.8 Å². The first kappa shape index (κ1) is 20.6. The molecule has 31 heavy (non-hydrogen) atoms. The number of primary amides is 1. The van der Waals surface area contributed by atoms with Gasteiger partial charge < -0.3 is 16.0 Å². The van der Waals surface area contributed by atoms with Gasteiger partial charge in [0.25, 0.3) is 5.91 Å². The van der Waals surface area contributed by atoms with Gasteiger partial charge in [-0.15, -0.1) is 0 Å². The summed E-state index contributed by atoms with van der Waals surface area (Å²) in [5, 5.41) is 3.46. The van der Waals surface area contributed by atoms with E-state index in [1.165, 1.54) is 6.07 Å². The summed E-state index contributed by atoms with van der Waals surface area (Å²) in [7, 11) is 0.